The summed E-state index contributed by atoms with van der Waals surface area (Å²) in [6.07, 6.45) is 1.45. The molecular formula is C17H17ClIN3O2S. The van der Waals surface area contributed by atoms with Gasteiger partial charge in [0.05, 0.1) is 17.7 Å². The van der Waals surface area contributed by atoms with Gasteiger partial charge in [-0.05, 0) is 60.9 Å². The molecule has 3 heterocycles. The maximum Gasteiger partial charge on any atom is 0.415 e. The van der Waals surface area contributed by atoms with Crippen molar-refractivity contribution in [3.63, 3.8) is 0 Å². The van der Waals surface area contributed by atoms with Crippen molar-refractivity contribution >= 4 is 62.8 Å². The first-order valence-corrected chi connectivity index (χ1v) is 9.94. The lowest BCUT2D eigenvalue weighted by atomic mass is 10.2. The smallest absolute Gasteiger partial charge is 0.415 e. The van der Waals surface area contributed by atoms with Crippen molar-refractivity contribution in [3.8, 4) is 0 Å². The number of hydrogen-bond acceptors (Lipinski definition) is 4. The maximum atomic E-state index is 12.9. The van der Waals surface area contributed by atoms with Gasteiger partial charge in [-0.3, -0.25) is 4.90 Å². The molecule has 0 bridgehead atoms. The molecule has 132 valence electrons. The van der Waals surface area contributed by atoms with E-state index >= 15 is 0 Å². The van der Waals surface area contributed by atoms with E-state index in [1.165, 1.54) is 0 Å². The van der Waals surface area contributed by atoms with Crippen molar-refractivity contribution in [2.75, 3.05) is 4.90 Å². The molecule has 0 fully saturated rings. The van der Waals surface area contributed by atoms with E-state index in [2.05, 4.69) is 27.7 Å². The van der Waals surface area contributed by atoms with Crippen LogP contribution in [0.4, 0.5) is 10.5 Å². The van der Waals surface area contributed by atoms with Gasteiger partial charge in [-0.2, -0.15) is 5.10 Å². The van der Waals surface area contributed by atoms with Gasteiger partial charge in [0.25, 0.3) is 0 Å². The van der Waals surface area contributed by atoms with Crippen molar-refractivity contribution < 1.29 is 9.53 Å². The summed E-state index contributed by atoms with van der Waals surface area (Å²) in [6.45, 7) is 5.96. The van der Waals surface area contributed by atoms with Gasteiger partial charge >= 0.3 is 6.09 Å². The number of aromatic nitrogens is 2. The first kappa shape index (κ1) is 18.5. The van der Waals surface area contributed by atoms with E-state index < -0.39 is 11.7 Å². The van der Waals surface area contributed by atoms with Crippen LogP contribution in [0.1, 0.15) is 25.6 Å². The van der Waals surface area contributed by atoms with Crippen molar-refractivity contribution in [1.82, 2.24) is 9.61 Å². The lowest BCUT2D eigenvalue weighted by molar-refractivity contribution is 0.0578. The van der Waals surface area contributed by atoms with Crippen LogP contribution in [0.5, 0.6) is 0 Å². The fourth-order valence-corrected chi connectivity index (χ4v) is 3.79. The predicted molar refractivity (Wildman–Crippen MR) is 110 cm³/mol. The number of carbonyl (C=O) groups is 1. The van der Waals surface area contributed by atoms with Crippen LogP contribution < -0.4 is 4.90 Å². The van der Waals surface area contributed by atoms with E-state index in [-0.39, 0.29) is 0 Å². The van der Waals surface area contributed by atoms with E-state index in [1.54, 1.807) is 26.8 Å². The predicted octanol–water partition coefficient (Wildman–Crippen LogP) is 5.60. The molecule has 0 aromatic carbocycles. The molecule has 3 rings (SSSR count). The molecule has 8 heteroatoms. The quantitative estimate of drug-likeness (QED) is 0.450. The molecule has 3 aromatic heterocycles. The molecule has 0 saturated carbocycles. The lowest BCUT2D eigenvalue weighted by Crippen LogP contribution is -2.36. The molecule has 0 aliphatic rings. The second-order valence-electron chi connectivity index (χ2n) is 6.49. The zero-order valence-electron chi connectivity index (χ0n) is 14.0. The van der Waals surface area contributed by atoms with E-state index in [0.717, 1.165) is 14.0 Å². The third-order valence-electron chi connectivity index (χ3n) is 3.29. The number of thiophene rings is 1. The first-order chi connectivity index (χ1) is 11.7. The van der Waals surface area contributed by atoms with Crippen molar-refractivity contribution in [3.05, 3.63) is 49.4 Å². The van der Waals surface area contributed by atoms with Crippen LogP contribution in [0.3, 0.4) is 0 Å². The Balaban J connectivity index is 2.09. The van der Waals surface area contributed by atoms with Gasteiger partial charge in [0.1, 0.15) is 5.60 Å². The highest BCUT2D eigenvalue weighted by molar-refractivity contribution is 14.1. The minimum absolute atomic E-state index is 0.314. The lowest BCUT2D eigenvalue weighted by Gasteiger charge is -2.27. The summed E-state index contributed by atoms with van der Waals surface area (Å²) in [5.74, 6) is 0. The summed E-state index contributed by atoms with van der Waals surface area (Å²) in [4.78, 5) is 15.5. The molecule has 0 spiro atoms. The number of amides is 1. The summed E-state index contributed by atoms with van der Waals surface area (Å²) in [6, 6.07) is 7.61. The largest absolute Gasteiger partial charge is 0.443 e. The number of nitrogens with zero attached hydrogens (tertiary/aromatic N) is 3. The van der Waals surface area contributed by atoms with Crippen molar-refractivity contribution in [2.24, 2.45) is 0 Å². The number of carbonyl (C=O) groups excluding carboxylic acids is 1. The third kappa shape index (κ3) is 4.45. The minimum Gasteiger partial charge on any atom is -0.443 e. The number of ether oxygens (including phenoxy) is 1. The Morgan fingerprint density at radius 1 is 1.44 bits per heavy atom. The fourth-order valence-electron chi connectivity index (χ4n) is 2.35. The van der Waals surface area contributed by atoms with E-state index in [1.807, 2.05) is 50.5 Å². The van der Waals surface area contributed by atoms with Crippen LogP contribution in [0.25, 0.3) is 5.52 Å². The molecule has 0 unspecified atom stereocenters. The van der Waals surface area contributed by atoms with Gasteiger partial charge in [0, 0.05) is 20.7 Å². The zero-order valence-corrected chi connectivity index (χ0v) is 17.7. The number of rotatable bonds is 3. The van der Waals surface area contributed by atoms with Crippen LogP contribution in [0.2, 0.25) is 5.15 Å². The van der Waals surface area contributed by atoms with Gasteiger partial charge in [0.15, 0.2) is 5.15 Å². The number of hydrogen-bond donors (Lipinski definition) is 0. The van der Waals surface area contributed by atoms with Crippen LogP contribution in [0.15, 0.2) is 35.8 Å². The molecule has 0 atom stereocenters. The van der Waals surface area contributed by atoms with Crippen molar-refractivity contribution in [1.29, 1.82) is 0 Å². The van der Waals surface area contributed by atoms with Gasteiger partial charge in [-0.25, -0.2) is 9.31 Å². The Kier molecular flexibility index (Phi) is 5.26. The summed E-state index contributed by atoms with van der Waals surface area (Å²) >= 11 is 9.99. The van der Waals surface area contributed by atoms with Crippen LogP contribution in [0, 0.1) is 3.57 Å². The van der Waals surface area contributed by atoms with E-state index in [9.17, 15) is 4.79 Å². The topological polar surface area (TPSA) is 46.8 Å². The average Bonchev–Trinajstić information content (AvgIpc) is 3.10. The Labute approximate surface area is 168 Å². The highest BCUT2D eigenvalue weighted by atomic mass is 127. The van der Waals surface area contributed by atoms with Gasteiger partial charge in [0.2, 0.25) is 0 Å². The Morgan fingerprint density at radius 3 is 2.84 bits per heavy atom. The second kappa shape index (κ2) is 7.13. The molecule has 0 saturated heterocycles. The van der Waals surface area contributed by atoms with E-state index in [4.69, 9.17) is 16.3 Å². The van der Waals surface area contributed by atoms with Crippen molar-refractivity contribution in [2.45, 2.75) is 32.9 Å². The average molecular weight is 490 g/mol. The molecule has 0 N–H and O–H groups in total. The van der Waals surface area contributed by atoms with Crippen LogP contribution >= 0.6 is 45.5 Å². The molecule has 5 nitrogen and oxygen atoms in total. The Hall–Kier alpha value is -1.32. The van der Waals surface area contributed by atoms with Gasteiger partial charge < -0.3 is 4.74 Å². The summed E-state index contributed by atoms with van der Waals surface area (Å²) < 4.78 is 8.31. The Morgan fingerprint density at radius 2 is 2.20 bits per heavy atom. The minimum atomic E-state index is -0.589. The number of anilines is 1. The zero-order chi connectivity index (χ0) is 18.2. The SMILES string of the molecule is CC(C)(C)OC(=O)N(Cc1cccs1)c1cc(Cl)nn2cc(I)cc12. The molecular weight excluding hydrogens is 473 g/mol. The highest BCUT2D eigenvalue weighted by Gasteiger charge is 2.26. The molecule has 3 aromatic rings. The summed E-state index contributed by atoms with van der Waals surface area (Å²) in [7, 11) is 0. The van der Waals surface area contributed by atoms with Gasteiger partial charge in [-0.1, -0.05) is 17.7 Å². The molecule has 0 aliphatic carbocycles. The normalized spacial score (nSPS) is 11.7. The standard InChI is InChI=1S/C17H17ClIN3O2S/c1-17(2,3)24-16(23)21(10-12-5-4-6-25-12)13-8-15(18)20-22-9-11(19)7-14(13)22/h4-9H,10H2,1-3H3. The summed E-state index contributed by atoms with van der Waals surface area (Å²) in [5, 5.41) is 6.57. The highest BCUT2D eigenvalue weighted by Crippen LogP contribution is 2.30. The molecule has 0 radical (unpaired) electrons. The third-order valence-corrected chi connectivity index (χ3v) is 4.92. The fraction of sp³-hybridized carbons (Fsp3) is 0.294. The molecule has 1 amide bonds. The number of fused-ring (bicyclic) bond motifs is 1. The Bertz CT molecular complexity index is 903. The first-order valence-electron chi connectivity index (χ1n) is 7.60. The maximum absolute atomic E-state index is 12.9. The monoisotopic (exact) mass is 489 g/mol. The summed E-state index contributed by atoms with van der Waals surface area (Å²) in [5.41, 5.74) is 0.885. The molecule has 0 aliphatic heterocycles. The van der Waals surface area contributed by atoms with Gasteiger partial charge in [-0.15, -0.1) is 11.3 Å². The second-order valence-corrected chi connectivity index (χ2v) is 9.15. The number of halogens is 2. The van der Waals surface area contributed by atoms with Crippen LogP contribution in [-0.4, -0.2) is 21.3 Å². The van der Waals surface area contributed by atoms with Crippen LogP contribution in [-0.2, 0) is 11.3 Å². The molecule has 25 heavy (non-hydrogen) atoms. The van der Waals surface area contributed by atoms with E-state index in [0.29, 0.717) is 17.4 Å².